The van der Waals surface area contributed by atoms with Crippen LogP contribution in [0.1, 0.15) is 51.1 Å². The average Bonchev–Trinajstić information content (AvgIpc) is 3.22. The fraction of sp³-hybridized carbons (Fsp3) is 0.346. The molecular formula is C26H30N6O3. The number of nitrogens with zero attached hydrogens (tertiary/aromatic N) is 4. The molecule has 0 fully saturated rings. The minimum absolute atomic E-state index is 0.124. The molecule has 3 heterocycles. The number of benzene rings is 1. The Labute approximate surface area is 204 Å². The second-order valence-electron chi connectivity index (χ2n) is 8.76. The molecule has 3 aromatic rings. The number of fused-ring (bicyclic) bond motifs is 1. The highest BCUT2D eigenvalue weighted by Crippen LogP contribution is 2.17. The van der Waals surface area contributed by atoms with Crippen LogP contribution in [0.15, 0.2) is 54.7 Å². The Kier molecular flexibility index (Phi) is 7.54. The van der Waals surface area contributed by atoms with E-state index in [9.17, 15) is 14.4 Å². The highest BCUT2D eigenvalue weighted by molar-refractivity contribution is 5.99. The fourth-order valence-electron chi connectivity index (χ4n) is 4.08. The summed E-state index contributed by atoms with van der Waals surface area (Å²) >= 11 is 0. The van der Waals surface area contributed by atoms with Crippen molar-refractivity contribution in [2.45, 2.75) is 45.8 Å². The van der Waals surface area contributed by atoms with Crippen LogP contribution < -0.4 is 10.6 Å². The molecule has 0 bridgehead atoms. The van der Waals surface area contributed by atoms with Crippen LogP contribution in [0.3, 0.4) is 0 Å². The number of aryl methyl sites for hydroxylation is 2. The zero-order valence-electron chi connectivity index (χ0n) is 20.0. The maximum absolute atomic E-state index is 13.2. The van der Waals surface area contributed by atoms with Crippen molar-refractivity contribution < 1.29 is 14.4 Å². The lowest BCUT2D eigenvalue weighted by Gasteiger charge is -2.20. The highest BCUT2D eigenvalue weighted by Gasteiger charge is 2.27. The molecule has 3 amide bonds. The molecule has 0 saturated carbocycles. The third kappa shape index (κ3) is 6.11. The summed E-state index contributed by atoms with van der Waals surface area (Å²) in [6, 6.07) is 14.5. The predicted molar refractivity (Wildman–Crippen MR) is 131 cm³/mol. The first-order valence-electron chi connectivity index (χ1n) is 11.8. The van der Waals surface area contributed by atoms with Crippen LogP contribution in [0.5, 0.6) is 0 Å². The number of carbonyl (C=O) groups is 3. The van der Waals surface area contributed by atoms with Crippen molar-refractivity contribution >= 4 is 17.7 Å². The first-order chi connectivity index (χ1) is 16.9. The summed E-state index contributed by atoms with van der Waals surface area (Å²) in [4.78, 5) is 44.4. The zero-order valence-corrected chi connectivity index (χ0v) is 20.0. The van der Waals surface area contributed by atoms with Gasteiger partial charge in [0.05, 0.1) is 0 Å². The number of hydrogen-bond donors (Lipinski definition) is 2. The Hall–Kier alpha value is -4.01. The van der Waals surface area contributed by atoms with E-state index in [1.807, 2.05) is 43.3 Å². The van der Waals surface area contributed by atoms with Crippen molar-refractivity contribution in [2.24, 2.45) is 0 Å². The van der Waals surface area contributed by atoms with Gasteiger partial charge in [-0.05, 0) is 38.0 Å². The minimum atomic E-state index is -0.749. The molecular weight excluding hydrogens is 444 g/mol. The van der Waals surface area contributed by atoms with E-state index in [0.717, 1.165) is 23.2 Å². The topological polar surface area (TPSA) is 109 Å². The van der Waals surface area contributed by atoms with Crippen LogP contribution in [-0.4, -0.2) is 56.5 Å². The molecule has 0 radical (unpaired) electrons. The van der Waals surface area contributed by atoms with Gasteiger partial charge in [-0.25, -0.2) is 0 Å². The molecule has 1 aliphatic heterocycles. The molecule has 4 rings (SSSR count). The summed E-state index contributed by atoms with van der Waals surface area (Å²) in [5.74, 6) is -0.942. The van der Waals surface area contributed by atoms with Gasteiger partial charge in [0.1, 0.15) is 11.7 Å². The van der Waals surface area contributed by atoms with Gasteiger partial charge in [-0.1, -0.05) is 35.9 Å². The largest absolute Gasteiger partial charge is 0.354 e. The summed E-state index contributed by atoms with van der Waals surface area (Å²) < 4.78 is 1.59. The van der Waals surface area contributed by atoms with Gasteiger partial charge in [0.2, 0.25) is 5.91 Å². The number of rotatable bonds is 8. The van der Waals surface area contributed by atoms with E-state index in [-0.39, 0.29) is 17.5 Å². The van der Waals surface area contributed by atoms with Gasteiger partial charge < -0.3 is 15.5 Å². The van der Waals surface area contributed by atoms with E-state index in [1.54, 1.807) is 22.7 Å². The Bertz CT molecular complexity index is 1210. The Morgan fingerprint density at radius 1 is 1.11 bits per heavy atom. The molecule has 1 atom stereocenters. The van der Waals surface area contributed by atoms with Crippen LogP contribution in [0.4, 0.5) is 0 Å². The number of hydrogen-bond acceptors (Lipinski definition) is 5. The van der Waals surface area contributed by atoms with Crippen LogP contribution in [0, 0.1) is 6.92 Å². The molecule has 2 aromatic heterocycles. The Morgan fingerprint density at radius 2 is 1.97 bits per heavy atom. The summed E-state index contributed by atoms with van der Waals surface area (Å²) in [6.45, 7) is 5.72. The maximum atomic E-state index is 13.2. The van der Waals surface area contributed by atoms with Gasteiger partial charge in [-0.2, -0.15) is 5.10 Å². The minimum Gasteiger partial charge on any atom is -0.354 e. The maximum Gasteiger partial charge on any atom is 0.272 e. The van der Waals surface area contributed by atoms with E-state index < -0.39 is 11.9 Å². The van der Waals surface area contributed by atoms with E-state index in [1.165, 1.54) is 6.07 Å². The van der Waals surface area contributed by atoms with Crippen LogP contribution in [-0.2, 0) is 24.3 Å². The third-order valence-electron chi connectivity index (χ3n) is 5.92. The van der Waals surface area contributed by atoms with E-state index in [2.05, 4.69) is 26.8 Å². The molecule has 1 aliphatic rings. The second kappa shape index (κ2) is 10.9. The van der Waals surface area contributed by atoms with Crippen molar-refractivity contribution in [1.82, 2.24) is 30.3 Å². The zero-order chi connectivity index (χ0) is 24.8. The first-order valence-corrected chi connectivity index (χ1v) is 11.8. The Morgan fingerprint density at radius 3 is 2.74 bits per heavy atom. The van der Waals surface area contributed by atoms with Crippen molar-refractivity contribution in [3.05, 3.63) is 82.9 Å². The van der Waals surface area contributed by atoms with Gasteiger partial charge in [-0.15, -0.1) is 0 Å². The van der Waals surface area contributed by atoms with Crippen molar-refractivity contribution in [3.63, 3.8) is 0 Å². The SMILES string of the molecule is Cc1cccc(CN2CCCn3nc(C(=O)NC(C)C(=O)NCCc4ccccn4)cc3C2=O)c1. The number of amides is 3. The van der Waals surface area contributed by atoms with Crippen LogP contribution in [0.2, 0.25) is 0 Å². The van der Waals surface area contributed by atoms with Crippen molar-refractivity contribution in [1.29, 1.82) is 0 Å². The lowest BCUT2D eigenvalue weighted by molar-refractivity contribution is -0.122. The average molecular weight is 475 g/mol. The van der Waals surface area contributed by atoms with Gasteiger partial charge in [0.25, 0.3) is 11.8 Å². The van der Waals surface area contributed by atoms with Gasteiger partial charge in [0.15, 0.2) is 5.69 Å². The van der Waals surface area contributed by atoms with Gasteiger partial charge in [0, 0.05) is 50.6 Å². The number of aromatic nitrogens is 3. The first kappa shape index (κ1) is 24.1. The lowest BCUT2D eigenvalue weighted by Crippen LogP contribution is -2.45. The van der Waals surface area contributed by atoms with E-state index in [4.69, 9.17) is 0 Å². The molecule has 0 spiro atoms. The molecule has 0 saturated heterocycles. The third-order valence-corrected chi connectivity index (χ3v) is 5.92. The van der Waals surface area contributed by atoms with Crippen molar-refractivity contribution in [3.8, 4) is 0 Å². The fourth-order valence-corrected chi connectivity index (χ4v) is 4.08. The standard InChI is InChI=1S/C26H30N6O3/c1-18-7-5-8-20(15-18)17-31-13-6-14-32-23(26(31)35)16-22(30-32)25(34)29-19(2)24(33)28-12-10-21-9-3-4-11-27-21/h3-5,7-9,11,15-16,19H,6,10,12-14,17H2,1-2H3,(H,28,33)(H,29,34). The van der Waals surface area contributed by atoms with Crippen LogP contribution >= 0.6 is 0 Å². The molecule has 9 nitrogen and oxygen atoms in total. The monoisotopic (exact) mass is 474 g/mol. The summed E-state index contributed by atoms with van der Waals surface area (Å²) in [6.07, 6.45) is 3.05. The predicted octanol–water partition coefficient (Wildman–Crippen LogP) is 2.11. The van der Waals surface area contributed by atoms with Crippen LogP contribution in [0.25, 0.3) is 0 Å². The van der Waals surface area contributed by atoms with E-state index in [0.29, 0.717) is 38.3 Å². The smallest absolute Gasteiger partial charge is 0.272 e. The number of carbonyl (C=O) groups excluding carboxylic acids is 3. The molecule has 35 heavy (non-hydrogen) atoms. The molecule has 0 aliphatic carbocycles. The number of nitrogens with one attached hydrogen (secondary N) is 2. The molecule has 1 aromatic carbocycles. The Balaban J connectivity index is 1.35. The highest BCUT2D eigenvalue weighted by atomic mass is 16.2. The number of pyridine rings is 1. The lowest BCUT2D eigenvalue weighted by atomic mass is 10.1. The second-order valence-corrected chi connectivity index (χ2v) is 8.76. The van der Waals surface area contributed by atoms with Gasteiger partial charge in [-0.3, -0.25) is 24.0 Å². The quantitative estimate of drug-likeness (QED) is 0.520. The normalized spacial score (nSPS) is 14.1. The summed E-state index contributed by atoms with van der Waals surface area (Å²) in [5.41, 5.74) is 3.59. The summed E-state index contributed by atoms with van der Waals surface area (Å²) in [5, 5.41) is 9.83. The molecule has 9 heteroatoms. The van der Waals surface area contributed by atoms with Crippen molar-refractivity contribution in [2.75, 3.05) is 13.1 Å². The van der Waals surface area contributed by atoms with E-state index >= 15 is 0 Å². The molecule has 182 valence electrons. The summed E-state index contributed by atoms with van der Waals surface area (Å²) in [7, 11) is 0. The van der Waals surface area contributed by atoms with Gasteiger partial charge >= 0.3 is 0 Å². The molecule has 1 unspecified atom stereocenters. The molecule has 2 N–H and O–H groups in total.